The van der Waals surface area contributed by atoms with Crippen LogP contribution in [0.5, 0.6) is 0 Å². The minimum atomic E-state index is -0.813. The van der Waals surface area contributed by atoms with Gasteiger partial charge in [0.2, 0.25) is 0 Å². The fourth-order valence-corrected chi connectivity index (χ4v) is 2.77. The lowest BCUT2D eigenvalue weighted by Crippen LogP contribution is -2.24. The predicted molar refractivity (Wildman–Crippen MR) is 74.4 cm³/mol. The van der Waals surface area contributed by atoms with Crippen LogP contribution in [-0.4, -0.2) is 24.3 Å². The Hall–Kier alpha value is -1.86. The molecule has 0 amide bonds. The maximum absolute atomic E-state index is 11.3. The molecular weight excluding hydrogens is 254 g/mol. The van der Waals surface area contributed by atoms with Gasteiger partial charge in [0.1, 0.15) is 5.41 Å². The maximum atomic E-state index is 11.3. The Labute approximate surface area is 119 Å². The van der Waals surface area contributed by atoms with E-state index in [0.717, 1.165) is 11.1 Å². The number of rotatable bonds is 4. The Kier molecular flexibility index (Phi) is 4.10. The van der Waals surface area contributed by atoms with Crippen molar-refractivity contribution in [3.63, 3.8) is 0 Å². The molecule has 2 unspecified atom stereocenters. The highest BCUT2D eigenvalue weighted by Gasteiger charge is 2.37. The average molecular weight is 273 g/mol. The second-order valence-corrected chi connectivity index (χ2v) is 5.68. The highest BCUT2D eigenvalue weighted by atomic mass is 16.5. The molecule has 1 fully saturated rings. The van der Waals surface area contributed by atoms with E-state index in [4.69, 9.17) is 4.74 Å². The molecule has 0 saturated carbocycles. The molecule has 2 rings (SSSR count). The highest BCUT2D eigenvalue weighted by molar-refractivity contribution is 5.76. The average Bonchev–Trinajstić information content (AvgIpc) is 2.88. The van der Waals surface area contributed by atoms with Crippen molar-refractivity contribution >= 4 is 5.97 Å². The van der Waals surface area contributed by atoms with Gasteiger partial charge in [0.25, 0.3) is 0 Å². The Morgan fingerprint density at radius 1 is 1.40 bits per heavy atom. The quantitative estimate of drug-likeness (QED) is 0.915. The molecule has 4 heteroatoms. The minimum absolute atomic E-state index is 0.0260. The Balaban J connectivity index is 2.31. The molecule has 1 aliphatic rings. The molecule has 1 N–H and O–H groups in total. The van der Waals surface area contributed by atoms with Crippen molar-refractivity contribution in [1.29, 1.82) is 5.26 Å². The van der Waals surface area contributed by atoms with E-state index in [0.29, 0.717) is 19.6 Å². The van der Waals surface area contributed by atoms with Crippen LogP contribution in [0.1, 0.15) is 37.3 Å². The first-order valence-corrected chi connectivity index (χ1v) is 6.82. The Morgan fingerprint density at radius 2 is 2.05 bits per heavy atom. The van der Waals surface area contributed by atoms with Crippen LogP contribution in [0.3, 0.4) is 0 Å². The van der Waals surface area contributed by atoms with Crippen LogP contribution in [0.15, 0.2) is 24.3 Å². The molecule has 106 valence electrons. The van der Waals surface area contributed by atoms with Crippen LogP contribution in [0, 0.1) is 17.2 Å². The number of hydrogen-bond donors (Lipinski definition) is 1. The van der Waals surface area contributed by atoms with E-state index in [-0.39, 0.29) is 5.92 Å². The summed E-state index contributed by atoms with van der Waals surface area (Å²) >= 11 is 0. The first-order valence-electron chi connectivity index (χ1n) is 6.82. The number of ether oxygens (including phenoxy) is 1. The molecule has 0 aromatic heterocycles. The van der Waals surface area contributed by atoms with Gasteiger partial charge in [-0.3, -0.25) is 4.79 Å². The largest absolute Gasteiger partial charge is 0.481 e. The summed E-state index contributed by atoms with van der Waals surface area (Å²) < 4.78 is 5.34. The third kappa shape index (κ3) is 2.54. The molecule has 1 aromatic carbocycles. The van der Waals surface area contributed by atoms with Crippen LogP contribution in [0.25, 0.3) is 0 Å². The molecule has 20 heavy (non-hydrogen) atoms. The number of nitriles is 1. The van der Waals surface area contributed by atoms with E-state index in [2.05, 4.69) is 6.07 Å². The summed E-state index contributed by atoms with van der Waals surface area (Å²) in [5.74, 6) is -1.30. The van der Waals surface area contributed by atoms with Gasteiger partial charge in [0.15, 0.2) is 0 Å². The number of carboxylic acids is 1. The Morgan fingerprint density at radius 3 is 2.45 bits per heavy atom. The van der Waals surface area contributed by atoms with Gasteiger partial charge in [0.05, 0.1) is 18.6 Å². The summed E-state index contributed by atoms with van der Waals surface area (Å²) in [6.45, 7) is 4.80. The topological polar surface area (TPSA) is 70.3 Å². The molecule has 1 saturated heterocycles. The lowest BCUT2D eigenvalue weighted by atomic mass is 9.80. The second kappa shape index (κ2) is 5.64. The van der Waals surface area contributed by atoms with Gasteiger partial charge in [-0.05, 0) is 23.5 Å². The molecule has 0 spiro atoms. The molecular formula is C16H19NO3. The molecule has 0 radical (unpaired) electrons. The zero-order chi connectivity index (χ0) is 14.8. The van der Waals surface area contributed by atoms with Crippen molar-refractivity contribution in [2.24, 2.45) is 5.92 Å². The zero-order valence-electron chi connectivity index (χ0n) is 11.8. The van der Waals surface area contributed by atoms with Crippen molar-refractivity contribution in [3.8, 4) is 6.07 Å². The number of carbonyl (C=O) groups is 1. The van der Waals surface area contributed by atoms with Crippen molar-refractivity contribution in [1.82, 2.24) is 0 Å². The predicted octanol–water partition coefficient (Wildman–Crippen LogP) is 2.69. The number of carboxylic acid groups (broad SMARTS) is 1. The minimum Gasteiger partial charge on any atom is -0.481 e. The zero-order valence-corrected chi connectivity index (χ0v) is 11.8. The van der Waals surface area contributed by atoms with E-state index in [9.17, 15) is 15.2 Å². The molecule has 0 bridgehead atoms. The second-order valence-electron chi connectivity index (χ2n) is 5.68. The van der Waals surface area contributed by atoms with Gasteiger partial charge in [-0.2, -0.15) is 5.26 Å². The number of hydrogen-bond acceptors (Lipinski definition) is 3. The van der Waals surface area contributed by atoms with E-state index >= 15 is 0 Å². The van der Waals surface area contributed by atoms with Gasteiger partial charge < -0.3 is 9.84 Å². The van der Waals surface area contributed by atoms with E-state index in [1.165, 1.54) is 0 Å². The van der Waals surface area contributed by atoms with Crippen molar-refractivity contribution in [2.45, 2.75) is 31.6 Å². The molecule has 4 nitrogen and oxygen atoms in total. The summed E-state index contributed by atoms with van der Waals surface area (Å²) in [7, 11) is 0. The summed E-state index contributed by atoms with van der Waals surface area (Å²) in [5, 5.41) is 18.7. The number of benzene rings is 1. The van der Waals surface area contributed by atoms with E-state index < -0.39 is 17.3 Å². The van der Waals surface area contributed by atoms with E-state index in [1.807, 2.05) is 38.1 Å². The van der Waals surface area contributed by atoms with Gasteiger partial charge >= 0.3 is 5.97 Å². The molecule has 2 atom stereocenters. The SMILES string of the molecule is CC(C)C(C(=O)O)c1ccc(C2(C#N)CCOC2)cc1. The first-order chi connectivity index (χ1) is 9.50. The third-order valence-electron chi connectivity index (χ3n) is 3.99. The van der Waals surface area contributed by atoms with Gasteiger partial charge in [0, 0.05) is 6.61 Å². The number of nitrogens with zero attached hydrogens (tertiary/aromatic N) is 1. The summed E-state index contributed by atoms with van der Waals surface area (Å²) in [4.78, 5) is 11.3. The third-order valence-corrected chi connectivity index (χ3v) is 3.99. The highest BCUT2D eigenvalue weighted by Crippen LogP contribution is 2.34. The molecule has 0 aliphatic carbocycles. The normalized spacial score (nSPS) is 23.5. The fraction of sp³-hybridized carbons (Fsp3) is 0.500. The van der Waals surface area contributed by atoms with Crippen molar-refractivity contribution in [2.75, 3.05) is 13.2 Å². The maximum Gasteiger partial charge on any atom is 0.311 e. The summed E-state index contributed by atoms with van der Waals surface area (Å²) in [6, 6.07) is 9.73. The smallest absolute Gasteiger partial charge is 0.311 e. The van der Waals surface area contributed by atoms with Gasteiger partial charge in [-0.1, -0.05) is 38.1 Å². The standard InChI is InChI=1S/C16H19NO3/c1-11(2)14(15(18)19)12-3-5-13(6-4-12)16(9-17)7-8-20-10-16/h3-6,11,14H,7-8,10H2,1-2H3,(H,18,19). The monoisotopic (exact) mass is 273 g/mol. The van der Waals surface area contributed by atoms with Crippen molar-refractivity contribution < 1.29 is 14.6 Å². The van der Waals surface area contributed by atoms with Gasteiger partial charge in [-0.25, -0.2) is 0 Å². The van der Waals surface area contributed by atoms with Crippen LogP contribution < -0.4 is 0 Å². The van der Waals surface area contributed by atoms with Crippen LogP contribution in [0.4, 0.5) is 0 Å². The summed E-state index contributed by atoms with van der Waals surface area (Å²) in [5.41, 5.74) is 1.12. The fourth-order valence-electron chi connectivity index (χ4n) is 2.77. The van der Waals surface area contributed by atoms with E-state index in [1.54, 1.807) is 0 Å². The van der Waals surface area contributed by atoms with Crippen molar-refractivity contribution in [3.05, 3.63) is 35.4 Å². The molecule has 1 aliphatic heterocycles. The van der Waals surface area contributed by atoms with Crippen LogP contribution in [-0.2, 0) is 14.9 Å². The lowest BCUT2D eigenvalue weighted by molar-refractivity contribution is -0.139. The number of aliphatic carboxylic acids is 1. The van der Waals surface area contributed by atoms with Crippen LogP contribution >= 0.6 is 0 Å². The lowest BCUT2D eigenvalue weighted by Gasteiger charge is -2.21. The van der Waals surface area contributed by atoms with Gasteiger partial charge in [-0.15, -0.1) is 0 Å². The van der Waals surface area contributed by atoms with Crippen LogP contribution in [0.2, 0.25) is 0 Å². The summed E-state index contributed by atoms with van der Waals surface area (Å²) in [6.07, 6.45) is 0.690. The molecule has 1 heterocycles. The first kappa shape index (κ1) is 14.5. The molecule has 1 aromatic rings. The Bertz CT molecular complexity index is 522.